The number of benzene rings is 1. The summed E-state index contributed by atoms with van der Waals surface area (Å²) in [7, 11) is 1.98. The summed E-state index contributed by atoms with van der Waals surface area (Å²) >= 11 is 1.34. The number of rotatable bonds is 7. The first-order valence-electron chi connectivity index (χ1n) is 13.9. The first-order chi connectivity index (χ1) is 19.0. The van der Waals surface area contributed by atoms with Crippen molar-refractivity contribution in [1.29, 1.82) is 5.26 Å². The van der Waals surface area contributed by atoms with Gasteiger partial charge in [-0.05, 0) is 69.0 Å². The molecule has 0 aliphatic carbocycles. The van der Waals surface area contributed by atoms with E-state index in [0.29, 0.717) is 21.6 Å². The second-order valence-electron chi connectivity index (χ2n) is 11.7. The van der Waals surface area contributed by atoms with Gasteiger partial charge in [0.05, 0.1) is 11.4 Å². The largest absolute Gasteiger partial charge is 0.367 e. The van der Waals surface area contributed by atoms with Crippen LogP contribution in [0.4, 0.5) is 21.0 Å². The summed E-state index contributed by atoms with van der Waals surface area (Å²) in [6, 6.07) is 10.7. The highest BCUT2D eigenvalue weighted by atomic mass is 32.1. The van der Waals surface area contributed by atoms with E-state index in [2.05, 4.69) is 74.1 Å². The van der Waals surface area contributed by atoms with Crippen LogP contribution < -0.4 is 9.80 Å². The van der Waals surface area contributed by atoms with Crippen LogP contribution in [0.5, 0.6) is 0 Å². The second-order valence-corrected chi connectivity index (χ2v) is 12.7. The molecule has 0 saturated carbocycles. The lowest BCUT2D eigenvalue weighted by molar-refractivity contribution is 0.0908. The number of halogens is 1. The summed E-state index contributed by atoms with van der Waals surface area (Å²) in [5.41, 5.74) is 5.57. The fourth-order valence-electron chi connectivity index (χ4n) is 5.70. The molecule has 1 aromatic carbocycles. The summed E-state index contributed by atoms with van der Waals surface area (Å²) in [5.74, 6) is 1.27. The molecule has 210 valence electrons. The Bertz CT molecular complexity index is 1560. The molecule has 4 aromatic rings. The van der Waals surface area contributed by atoms with Gasteiger partial charge in [0, 0.05) is 50.5 Å². The third-order valence-electron chi connectivity index (χ3n) is 7.73. The number of pyridine rings is 1. The number of hydrogen-bond acceptors (Lipinski definition) is 7. The van der Waals surface area contributed by atoms with Gasteiger partial charge in [-0.15, -0.1) is 0 Å². The minimum atomic E-state index is -0.316. The van der Waals surface area contributed by atoms with E-state index in [-0.39, 0.29) is 11.4 Å². The Morgan fingerprint density at radius 1 is 1.18 bits per heavy atom. The average molecular weight is 560 g/mol. The number of imidazole rings is 1. The molecule has 9 heteroatoms. The van der Waals surface area contributed by atoms with Gasteiger partial charge >= 0.3 is 0 Å². The van der Waals surface area contributed by atoms with Crippen molar-refractivity contribution < 1.29 is 4.39 Å². The molecule has 0 spiro atoms. The number of fused-ring (bicyclic) bond motifs is 1. The maximum Gasteiger partial charge on any atom is 0.192 e. The van der Waals surface area contributed by atoms with Crippen molar-refractivity contribution in [3.63, 3.8) is 0 Å². The first-order valence-corrected chi connectivity index (χ1v) is 14.8. The van der Waals surface area contributed by atoms with E-state index in [9.17, 15) is 9.65 Å². The highest BCUT2D eigenvalue weighted by Gasteiger charge is 2.34. The fourth-order valence-corrected chi connectivity index (χ4v) is 6.55. The Balaban J connectivity index is 1.54. The molecule has 5 rings (SSSR count). The molecule has 0 N–H and O–H groups in total. The number of aromatic nitrogens is 3. The van der Waals surface area contributed by atoms with Crippen molar-refractivity contribution in [2.24, 2.45) is 5.92 Å². The van der Waals surface area contributed by atoms with E-state index >= 15 is 0 Å². The van der Waals surface area contributed by atoms with E-state index in [1.807, 2.05) is 11.9 Å². The molecule has 0 unspecified atom stereocenters. The number of piperazine rings is 1. The van der Waals surface area contributed by atoms with E-state index in [1.165, 1.54) is 29.2 Å². The third-order valence-corrected chi connectivity index (χ3v) is 8.77. The van der Waals surface area contributed by atoms with Crippen LogP contribution in [0.2, 0.25) is 0 Å². The van der Waals surface area contributed by atoms with E-state index in [4.69, 9.17) is 9.97 Å². The third kappa shape index (κ3) is 5.18. The van der Waals surface area contributed by atoms with Crippen molar-refractivity contribution in [2.75, 3.05) is 43.0 Å². The highest BCUT2D eigenvalue weighted by Crippen LogP contribution is 2.38. The molecule has 1 fully saturated rings. The Morgan fingerprint density at radius 3 is 2.52 bits per heavy atom. The van der Waals surface area contributed by atoms with Crippen LogP contribution in [0.15, 0.2) is 36.5 Å². The molecule has 0 amide bonds. The Labute approximate surface area is 240 Å². The van der Waals surface area contributed by atoms with Gasteiger partial charge in [-0.1, -0.05) is 32.1 Å². The van der Waals surface area contributed by atoms with Crippen LogP contribution in [0.1, 0.15) is 50.8 Å². The monoisotopic (exact) mass is 559 g/mol. The van der Waals surface area contributed by atoms with Crippen molar-refractivity contribution in [1.82, 2.24) is 19.3 Å². The topological polar surface area (TPSA) is 63.7 Å². The molecule has 1 saturated heterocycles. The highest BCUT2D eigenvalue weighted by molar-refractivity contribution is 7.16. The lowest BCUT2D eigenvalue weighted by atomic mass is 9.96. The molecular formula is C31H38FN7S. The van der Waals surface area contributed by atoms with Crippen LogP contribution in [0, 0.1) is 30.0 Å². The van der Waals surface area contributed by atoms with Gasteiger partial charge in [0.25, 0.3) is 0 Å². The zero-order valence-electron chi connectivity index (χ0n) is 24.5. The van der Waals surface area contributed by atoms with Gasteiger partial charge in [0.15, 0.2) is 5.13 Å². The number of nitriles is 1. The summed E-state index contributed by atoms with van der Waals surface area (Å²) in [6.07, 6.45) is 2.96. The van der Waals surface area contributed by atoms with Gasteiger partial charge in [-0.3, -0.25) is 9.30 Å². The van der Waals surface area contributed by atoms with E-state index < -0.39 is 0 Å². The molecule has 1 aliphatic rings. The second kappa shape index (κ2) is 10.8. The average Bonchev–Trinajstić information content (AvgIpc) is 3.51. The minimum Gasteiger partial charge on any atom is -0.367 e. The zero-order valence-corrected chi connectivity index (χ0v) is 25.3. The number of hydrogen-bond donors (Lipinski definition) is 0. The standard InChI is InChI=1S/C31H38FN7S/c1-8-25-29(36(7)30-35-27(26(16-33)40-30)22-9-11-23(32)12-10-22)39-18-24(15-21(4)28(39)34-25)37-13-14-38(17-20(2)3)31(5,6)19-37/h9-12,15,18,20H,8,13-14,17,19H2,1-7H3. The lowest BCUT2D eigenvalue weighted by Crippen LogP contribution is -2.60. The normalized spacial score (nSPS) is 15.7. The maximum absolute atomic E-state index is 13.5. The molecule has 3 aromatic heterocycles. The van der Waals surface area contributed by atoms with Crippen LogP contribution in [-0.2, 0) is 6.42 Å². The van der Waals surface area contributed by atoms with Gasteiger partial charge in [-0.25, -0.2) is 14.4 Å². The summed E-state index contributed by atoms with van der Waals surface area (Å²) in [6.45, 7) is 17.5. The maximum atomic E-state index is 13.5. The van der Waals surface area contributed by atoms with Gasteiger partial charge < -0.3 is 9.80 Å². The Kier molecular flexibility index (Phi) is 7.60. The summed E-state index contributed by atoms with van der Waals surface area (Å²) < 4.78 is 15.7. The zero-order chi connectivity index (χ0) is 28.8. The van der Waals surface area contributed by atoms with Crippen LogP contribution in [0.25, 0.3) is 16.9 Å². The van der Waals surface area contributed by atoms with Gasteiger partial charge in [-0.2, -0.15) is 5.26 Å². The van der Waals surface area contributed by atoms with Crippen LogP contribution in [0.3, 0.4) is 0 Å². The van der Waals surface area contributed by atoms with E-state index in [0.717, 1.165) is 60.9 Å². The molecule has 40 heavy (non-hydrogen) atoms. The quantitative estimate of drug-likeness (QED) is 0.252. The van der Waals surface area contributed by atoms with E-state index in [1.54, 1.807) is 12.1 Å². The molecule has 0 bridgehead atoms. The number of thiazole rings is 1. The number of aryl methyl sites for hydroxylation is 2. The van der Waals surface area contributed by atoms with Crippen molar-refractivity contribution in [2.45, 2.75) is 53.5 Å². The smallest absolute Gasteiger partial charge is 0.192 e. The number of nitrogens with zero attached hydrogens (tertiary/aromatic N) is 7. The Hall–Kier alpha value is -3.48. The predicted molar refractivity (Wildman–Crippen MR) is 162 cm³/mol. The Morgan fingerprint density at radius 2 is 1.90 bits per heavy atom. The SMILES string of the molecule is CCc1nc2c(C)cc(N3CCN(CC(C)C)C(C)(C)C3)cn2c1N(C)c1nc(-c2ccc(F)cc2)c(C#N)s1. The minimum absolute atomic E-state index is 0.0693. The van der Waals surface area contributed by atoms with Gasteiger partial charge in [0.2, 0.25) is 0 Å². The molecule has 0 radical (unpaired) electrons. The van der Waals surface area contributed by atoms with Crippen molar-refractivity contribution in [3.05, 3.63) is 58.5 Å². The first kappa shape index (κ1) is 28.1. The summed E-state index contributed by atoms with van der Waals surface area (Å²) in [4.78, 5) is 17.5. The molecule has 1 aliphatic heterocycles. The van der Waals surface area contributed by atoms with Crippen molar-refractivity contribution >= 4 is 33.6 Å². The predicted octanol–water partition coefficient (Wildman–Crippen LogP) is 6.66. The lowest BCUT2D eigenvalue weighted by Gasteiger charge is -2.48. The van der Waals surface area contributed by atoms with Crippen LogP contribution in [-0.4, -0.2) is 58.0 Å². The molecule has 7 nitrogen and oxygen atoms in total. The molecule has 4 heterocycles. The fraction of sp³-hybridized carbons (Fsp3) is 0.452. The molecule has 0 atom stereocenters. The molecular weight excluding hydrogens is 521 g/mol. The summed E-state index contributed by atoms with van der Waals surface area (Å²) in [5, 5.41) is 10.6. The number of anilines is 3. The van der Waals surface area contributed by atoms with Crippen LogP contribution >= 0.6 is 11.3 Å². The van der Waals surface area contributed by atoms with Crippen molar-refractivity contribution in [3.8, 4) is 17.3 Å². The van der Waals surface area contributed by atoms with Gasteiger partial charge in [0.1, 0.15) is 33.9 Å².